The van der Waals surface area contributed by atoms with Crippen LogP contribution in [0, 0.1) is 20.8 Å². The minimum absolute atomic E-state index is 0.340. The van der Waals surface area contributed by atoms with Crippen LogP contribution in [-0.4, -0.2) is 12.4 Å². The number of benzene rings is 2. The number of rotatable bonds is 4. The molecule has 4 nitrogen and oxygen atoms in total. The highest BCUT2D eigenvalue weighted by Gasteiger charge is 2.18. The van der Waals surface area contributed by atoms with Crippen LogP contribution in [0.15, 0.2) is 36.4 Å². The lowest BCUT2D eigenvalue weighted by Crippen LogP contribution is -2.13. The normalized spacial score (nSPS) is 10.0. The minimum atomic E-state index is -0.467. The van der Waals surface area contributed by atoms with Gasteiger partial charge in [0.25, 0.3) is 6.47 Å². The molecule has 21 heavy (non-hydrogen) atoms. The van der Waals surface area contributed by atoms with Crippen LogP contribution >= 0.6 is 0 Å². The number of carbonyl (C=O) groups excluding carboxylic acids is 2. The standard InChI is InChI=1S/C17H16O4/c1-11-4-7-14(8-5-11)21-17(19)16-12(2)6-9-15(13(16)3)20-10-18/h4-10H,1-3H3. The van der Waals surface area contributed by atoms with E-state index in [1.165, 1.54) is 0 Å². The lowest BCUT2D eigenvalue weighted by atomic mass is 10.0. The van der Waals surface area contributed by atoms with Crippen molar-refractivity contribution in [2.45, 2.75) is 20.8 Å². The first kappa shape index (κ1) is 14.8. The zero-order valence-corrected chi connectivity index (χ0v) is 12.2. The maximum Gasteiger partial charge on any atom is 0.344 e. The molecule has 0 aliphatic rings. The van der Waals surface area contributed by atoms with E-state index in [1.54, 1.807) is 31.2 Å². The quantitative estimate of drug-likeness (QED) is 0.491. The van der Waals surface area contributed by atoms with Crippen LogP contribution in [0.1, 0.15) is 27.0 Å². The minimum Gasteiger partial charge on any atom is -0.428 e. The summed E-state index contributed by atoms with van der Waals surface area (Å²) in [6, 6.07) is 10.6. The number of hydrogen-bond donors (Lipinski definition) is 0. The summed E-state index contributed by atoms with van der Waals surface area (Å²) in [5.74, 6) is 0.364. The molecule has 0 N–H and O–H groups in total. The second-order valence-electron chi connectivity index (χ2n) is 4.80. The van der Waals surface area contributed by atoms with Crippen LogP contribution in [0.2, 0.25) is 0 Å². The molecule has 0 unspecified atom stereocenters. The Kier molecular flexibility index (Phi) is 4.38. The predicted molar refractivity (Wildman–Crippen MR) is 78.7 cm³/mol. The molecule has 2 aromatic rings. The molecule has 108 valence electrons. The molecule has 2 rings (SSSR count). The summed E-state index contributed by atoms with van der Waals surface area (Å²) in [5.41, 5.74) is 2.85. The van der Waals surface area contributed by atoms with Crippen molar-refractivity contribution in [3.05, 3.63) is 58.7 Å². The first-order valence-corrected chi connectivity index (χ1v) is 6.52. The molecule has 0 amide bonds. The largest absolute Gasteiger partial charge is 0.428 e. The Balaban J connectivity index is 2.32. The van der Waals surface area contributed by atoms with Crippen molar-refractivity contribution in [3.8, 4) is 11.5 Å². The van der Waals surface area contributed by atoms with Gasteiger partial charge >= 0.3 is 5.97 Å². The molecule has 0 spiro atoms. The summed E-state index contributed by atoms with van der Waals surface area (Å²) < 4.78 is 10.2. The van der Waals surface area contributed by atoms with Crippen LogP contribution in [0.5, 0.6) is 11.5 Å². The molecule has 0 aliphatic carbocycles. The van der Waals surface area contributed by atoms with Crippen LogP contribution in [0.3, 0.4) is 0 Å². The highest BCUT2D eigenvalue weighted by Crippen LogP contribution is 2.25. The van der Waals surface area contributed by atoms with E-state index in [9.17, 15) is 9.59 Å². The number of hydrogen-bond acceptors (Lipinski definition) is 4. The fourth-order valence-corrected chi connectivity index (χ4v) is 2.09. The van der Waals surface area contributed by atoms with Crippen LogP contribution < -0.4 is 9.47 Å². The Morgan fingerprint density at radius 2 is 1.67 bits per heavy atom. The van der Waals surface area contributed by atoms with Gasteiger partial charge in [0.05, 0.1) is 5.56 Å². The first-order valence-electron chi connectivity index (χ1n) is 6.52. The van der Waals surface area contributed by atoms with E-state index in [4.69, 9.17) is 9.47 Å². The molecule has 0 aliphatic heterocycles. The van der Waals surface area contributed by atoms with Gasteiger partial charge in [-0.25, -0.2) is 4.79 Å². The smallest absolute Gasteiger partial charge is 0.344 e. The Labute approximate surface area is 123 Å². The summed E-state index contributed by atoms with van der Waals surface area (Å²) in [6.07, 6.45) is 0. The van der Waals surface area contributed by atoms with E-state index in [0.717, 1.165) is 11.1 Å². The van der Waals surface area contributed by atoms with E-state index >= 15 is 0 Å². The molecular formula is C17H16O4. The second-order valence-corrected chi connectivity index (χ2v) is 4.80. The van der Waals surface area contributed by atoms with Crippen molar-refractivity contribution in [3.63, 3.8) is 0 Å². The molecule has 0 saturated carbocycles. The third-order valence-corrected chi connectivity index (χ3v) is 3.23. The molecule has 2 aromatic carbocycles. The van der Waals surface area contributed by atoms with Crippen molar-refractivity contribution in [1.82, 2.24) is 0 Å². The average Bonchev–Trinajstić information content (AvgIpc) is 2.45. The fraction of sp³-hybridized carbons (Fsp3) is 0.176. The number of aryl methyl sites for hydroxylation is 2. The SMILES string of the molecule is Cc1ccc(OC(=O)c2c(C)ccc(OC=O)c2C)cc1. The summed E-state index contributed by atoms with van der Waals surface area (Å²) in [6.45, 7) is 5.83. The molecule has 4 heteroatoms. The summed E-state index contributed by atoms with van der Waals surface area (Å²) in [5, 5.41) is 0. The summed E-state index contributed by atoms with van der Waals surface area (Å²) in [7, 11) is 0. The number of esters is 1. The van der Waals surface area contributed by atoms with Crippen molar-refractivity contribution in [2.24, 2.45) is 0 Å². The maximum absolute atomic E-state index is 12.3. The molecule has 0 radical (unpaired) electrons. The number of carbonyl (C=O) groups is 2. The first-order chi connectivity index (χ1) is 10.0. The monoisotopic (exact) mass is 284 g/mol. The van der Waals surface area contributed by atoms with Gasteiger partial charge in [0.1, 0.15) is 11.5 Å². The molecule has 0 aromatic heterocycles. The summed E-state index contributed by atoms with van der Waals surface area (Å²) >= 11 is 0. The molecule has 0 heterocycles. The van der Waals surface area contributed by atoms with Gasteiger partial charge in [-0.15, -0.1) is 0 Å². The number of ether oxygens (including phenoxy) is 2. The highest BCUT2D eigenvalue weighted by atomic mass is 16.5. The van der Waals surface area contributed by atoms with E-state index in [2.05, 4.69) is 0 Å². The lowest BCUT2D eigenvalue weighted by Gasteiger charge is -2.12. The van der Waals surface area contributed by atoms with Gasteiger partial charge in [0, 0.05) is 5.56 Å². The van der Waals surface area contributed by atoms with Crippen LogP contribution in [-0.2, 0) is 4.79 Å². The van der Waals surface area contributed by atoms with Gasteiger partial charge in [-0.1, -0.05) is 23.8 Å². The highest BCUT2D eigenvalue weighted by molar-refractivity contribution is 5.95. The van der Waals surface area contributed by atoms with E-state index in [1.807, 2.05) is 26.0 Å². The Bertz CT molecular complexity index is 672. The second kappa shape index (κ2) is 6.22. The van der Waals surface area contributed by atoms with Crippen molar-refractivity contribution < 1.29 is 19.1 Å². The van der Waals surface area contributed by atoms with E-state index in [-0.39, 0.29) is 0 Å². The van der Waals surface area contributed by atoms with Gasteiger partial charge in [-0.2, -0.15) is 0 Å². The zero-order chi connectivity index (χ0) is 15.4. The topological polar surface area (TPSA) is 52.6 Å². The average molecular weight is 284 g/mol. The molecule has 0 saturated heterocycles. The van der Waals surface area contributed by atoms with Crippen LogP contribution in [0.25, 0.3) is 0 Å². The molecule has 0 atom stereocenters. The zero-order valence-electron chi connectivity index (χ0n) is 12.2. The lowest BCUT2D eigenvalue weighted by molar-refractivity contribution is -0.120. The van der Waals surface area contributed by atoms with Gasteiger partial charge in [-0.3, -0.25) is 4.79 Å². The Hall–Kier alpha value is -2.62. The van der Waals surface area contributed by atoms with Crippen molar-refractivity contribution in [2.75, 3.05) is 0 Å². The van der Waals surface area contributed by atoms with Crippen molar-refractivity contribution in [1.29, 1.82) is 0 Å². The third-order valence-electron chi connectivity index (χ3n) is 3.23. The van der Waals surface area contributed by atoms with Gasteiger partial charge in [-0.05, 0) is 44.5 Å². The predicted octanol–water partition coefficient (Wildman–Crippen LogP) is 3.37. The Morgan fingerprint density at radius 3 is 2.29 bits per heavy atom. The fourth-order valence-electron chi connectivity index (χ4n) is 2.09. The van der Waals surface area contributed by atoms with E-state index < -0.39 is 5.97 Å². The van der Waals surface area contributed by atoms with Gasteiger partial charge in [0.2, 0.25) is 0 Å². The van der Waals surface area contributed by atoms with Gasteiger partial charge < -0.3 is 9.47 Å². The van der Waals surface area contributed by atoms with E-state index in [0.29, 0.717) is 29.1 Å². The van der Waals surface area contributed by atoms with Crippen LogP contribution in [0.4, 0.5) is 0 Å². The molecule has 0 fully saturated rings. The maximum atomic E-state index is 12.3. The van der Waals surface area contributed by atoms with Gasteiger partial charge in [0.15, 0.2) is 0 Å². The van der Waals surface area contributed by atoms with Crippen molar-refractivity contribution >= 4 is 12.4 Å². The molecule has 0 bridgehead atoms. The summed E-state index contributed by atoms with van der Waals surface area (Å²) in [4.78, 5) is 22.8. The Morgan fingerprint density at radius 1 is 1.00 bits per heavy atom. The third kappa shape index (κ3) is 3.28. The molecular weight excluding hydrogens is 268 g/mol.